The van der Waals surface area contributed by atoms with Crippen LogP contribution in [0.4, 0.5) is 0 Å². The summed E-state index contributed by atoms with van der Waals surface area (Å²) in [7, 11) is 0. The summed E-state index contributed by atoms with van der Waals surface area (Å²) in [6.45, 7) is 7.44. The molecule has 1 spiro atoms. The molecule has 0 bridgehead atoms. The molecule has 1 saturated carbocycles. The Morgan fingerprint density at radius 3 is 2.63 bits per heavy atom. The quantitative estimate of drug-likeness (QED) is 0.860. The summed E-state index contributed by atoms with van der Waals surface area (Å²) in [5.74, 6) is 1.24. The van der Waals surface area contributed by atoms with Crippen molar-refractivity contribution < 1.29 is 4.79 Å². The largest absolute Gasteiger partial charge is 0.359 e. The minimum absolute atomic E-state index is 0.132. The lowest BCUT2D eigenvalue weighted by Gasteiger charge is -2.23. The molecule has 5 heteroatoms. The Balaban J connectivity index is 1.96. The second kappa shape index (κ2) is 6.16. The average Bonchev–Trinajstić information content (AvgIpc) is 3.02. The number of carbonyl (C=O) groups is 1. The number of amidine groups is 1. The first-order valence-electron chi connectivity index (χ1n) is 7.38. The van der Waals surface area contributed by atoms with Crippen molar-refractivity contribution in [3.63, 3.8) is 0 Å². The molecule has 1 unspecified atom stereocenters. The number of hydrogen-bond acceptors (Lipinski definition) is 3. The van der Waals surface area contributed by atoms with E-state index in [1.807, 2.05) is 25.7 Å². The van der Waals surface area contributed by atoms with E-state index in [9.17, 15) is 4.79 Å². The highest BCUT2D eigenvalue weighted by molar-refractivity contribution is 8.14. The summed E-state index contributed by atoms with van der Waals surface area (Å²) < 4.78 is 0. The SMILES string of the molecule is CCN(CC)C(=O)C(C)N=C1NC2(CCCC2)CS1. The van der Waals surface area contributed by atoms with E-state index in [1.54, 1.807) is 11.8 Å². The van der Waals surface area contributed by atoms with Gasteiger partial charge in [-0.3, -0.25) is 4.79 Å². The topological polar surface area (TPSA) is 44.7 Å². The maximum absolute atomic E-state index is 12.2. The molecule has 108 valence electrons. The zero-order valence-corrected chi connectivity index (χ0v) is 13.1. The van der Waals surface area contributed by atoms with E-state index in [4.69, 9.17) is 0 Å². The predicted molar refractivity (Wildman–Crippen MR) is 81.6 cm³/mol. The molecular formula is C14H25N3OS. The van der Waals surface area contributed by atoms with Crippen LogP contribution in [0.15, 0.2) is 4.99 Å². The Kier molecular flexibility index (Phi) is 4.76. The maximum atomic E-state index is 12.2. The molecule has 0 aromatic rings. The van der Waals surface area contributed by atoms with Gasteiger partial charge in [0.2, 0.25) is 5.91 Å². The van der Waals surface area contributed by atoms with Crippen LogP contribution in [0.1, 0.15) is 46.5 Å². The van der Waals surface area contributed by atoms with Gasteiger partial charge in [-0.1, -0.05) is 24.6 Å². The molecule has 2 rings (SSSR count). The standard InChI is InChI=1S/C14H25N3OS/c1-4-17(5-2)12(18)11(3)15-13-16-14(10-19-13)8-6-7-9-14/h11H,4-10H2,1-3H3,(H,15,16). The molecule has 19 heavy (non-hydrogen) atoms. The van der Waals surface area contributed by atoms with Gasteiger partial charge < -0.3 is 10.2 Å². The van der Waals surface area contributed by atoms with Crippen molar-refractivity contribution in [2.24, 2.45) is 4.99 Å². The molecule has 0 aromatic carbocycles. The van der Waals surface area contributed by atoms with Crippen LogP contribution < -0.4 is 5.32 Å². The summed E-state index contributed by atoms with van der Waals surface area (Å²) in [5.41, 5.74) is 0.279. The van der Waals surface area contributed by atoms with Gasteiger partial charge in [-0.05, 0) is 33.6 Å². The lowest BCUT2D eigenvalue weighted by Crippen LogP contribution is -2.42. The minimum Gasteiger partial charge on any atom is -0.359 e. The van der Waals surface area contributed by atoms with Crippen molar-refractivity contribution in [3.05, 3.63) is 0 Å². The third-order valence-electron chi connectivity index (χ3n) is 4.16. The van der Waals surface area contributed by atoms with Crippen molar-refractivity contribution in [2.75, 3.05) is 18.8 Å². The molecular weight excluding hydrogens is 258 g/mol. The zero-order chi connectivity index (χ0) is 13.9. The van der Waals surface area contributed by atoms with Gasteiger partial charge in [-0.25, -0.2) is 4.99 Å². The van der Waals surface area contributed by atoms with E-state index < -0.39 is 0 Å². The Hall–Kier alpha value is -0.710. The molecule has 1 aliphatic carbocycles. The van der Waals surface area contributed by atoms with Gasteiger partial charge in [0.25, 0.3) is 0 Å². The summed E-state index contributed by atoms with van der Waals surface area (Å²) in [5, 5.41) is 4.54. The number of hydrogen-bond donors (Lipinski definition) is 1. The lowest BCUT2D eigenvalue weighted by atomic mass is 10.0. The average molecular weight is 283 g/mol. The van der Waals surface area contributed by atoms with Gasteiger partial charge in [-0.2, -0.15) is 0 Å². The van der Waals surface area contributed by atoms with Crippen LogP contribution in [-0.2, 0) is 4.79 Å². The fourth-order valence-corrected chi connectivity index (χ4v) is 4.22. The van der Waals surface area contributed by atoms with Crippen LogP contribution in [0.25, 0.3) is 0 Å². The van der Waals surface area contributed by atoms with E-state index in [-0.39, 0.29) is 17.5 Å². The van der Waals surface area contributed by atoms with Crippen LogP contribution >= 0.6 is 11.8 Å². The number of carbonyl (C=O) groups excluding carboxylic acids is 1. The van der Waals surface area contributed by atoms with Crippen molar-refractivity contribution in [1.82, 2.24) is 10.2 Å². The van der Waals surface area contributed by atoms with Crippen LogP contribution in [0.5, 0.6) is 0 Å². The van der Waals surface area contributed by atoms with Gasteiger partial charge >= 0.3 is 0 Å². The number of aliphatic imine (C=N–C) groups is 1. The fraction of sp³-hybridized carbons (Fsp3) is 0.857. The maximum Gasteiger partial charge on any atom is 0.247 e. The first-order valence-corrected chi connectivity index (χ1v) is 8.36. The molecule has 2 fully saturated rings. The third-order valence-corrected chi connectivity index (χ3v) is 5.34. The molecule has 1 heterocycles. The molecule has 0 radical (unpaired) electrons. The monoisotopic (exact) mass is 283 g/mol. The van der Waals surface area contributed by atoms with E-state index in [2.05, 4.69) is 10.3 Å². The first kappa shape index (κ1) is 14.7. The van der Waals surface area contributed by atoms with Crippen LogP contribution in [0, 0.1) is 0 Å². The summed E-state index contributed by atoms with van der Waals surface area (Å²) in [6.07, 6.45) is 5.12. The summed E-state index contributed by atoms with van der Waals surface area (Å²) >= 11 is 1.78. The molecule has 1 N–H and O–H groups in total. The van der Waals surface area contributed by atoms with Crippen LogP contribution in [-0.4, -0.2) is 46.4 Å². The summed E-state index contributed by atoms with van der Waals surface area (Å²) in [4.78, 5) is 18.6. The second-order valence-corrected chi connectivity index (χ2v) is 6.49. The van der Waals surface area contributed by atoms with Crippen LogP contribution in [0.3, 0.4) is 0 Å². The second-order valence-electron chi connectivity index (χ2n) is 5.52. The highest BCUT2D eigenvalue weighted by Gasteiger charge is 2.39. The molecule has 2 aliphatic rings. The van der Waals surface area contributed by atoms with Gasteiger partial charge in [0.15, 0.2) is 5.17 Å². The van der Waals surface area contributed by atoms with Gasteiger partial charge in [-0.15, -0.1) is 0 Å². The highest BCUT2D eigenvalue weighted by atomic mass is 32.2. The smallest absolute Gasteiger partial charge is 0.247 e. The van der Waals surface area contributed by atoms with Gasteiger partial charge in [0.1, 0.15) is 6.04 Å². The Labute approximate surface area is 120 Å². The molecule has 1 atom stereocenters. The normalized spacial score (nSPS) is 24.7. The molecule has 4 nitrogen and oxygen atoms in total. The van der Waals surface area contributed by atoms with Crippen molar-refractivity contribution in [3.8, 4) is 0 Å². The minimum atomic E-state index is -0.272. The molecule has 0 aromatic heterocycles. The van der Waals surface area contributed by atoms with E-state index in [0.717, 1.165) is 24.0 Å². The summed E-state index contributed by atoms with van der Waals surface area (Å²) in [6, 6.07) is -0.272. The van der Waals surface area contributed by atoms with Gasteiger partial charge in [0.05, 0.1) is 0 Å². The first-order chi connectivity index (χ1) is 9.10. The van der Waals surface area contributed by atoms with Crippen LogP contribution in [0.2, 0.25) is 0 Å². The highest BCUT2D eigenvalue weighted by Crippen LogP contribution is 2.37. The number of thioether (sulfide) groups is 1. The lowest BCUT2D eigenvalue weighted by molar-refractivity contribution is -0.131. The Morgan fingerprint density at radius 2 is 2.05 bits per heavy atom. The molecule has 1 amide bonds. The number of amides is 1. The third kappa shape index (κ3) is 3.25. The number of likely N-dealkylation sites (N-methyl/N-ethyl adjacent to an activating group) is 1. The van der Waals surface area contributed by atoms with E-state index >= 15 is 0 Å². The Bertz CT molecular complexity index is 360. The fourth-order valence-electron chi connectivity index (χ4n) is 2.93. The Morgan fingerprint density at radius 1 is 1.42 bits per heavy atom. The molecule has 1 aliphatic heterocycles. The van der Waals surface area contributed by atoms with Crippen molar-refractivity contribution in [1.29, 1.82) is 0 Å². The molecule has 1 saturated heterocycles. The number of nitrogens with zero attached hydrogens (tertiary/aromatic N) is 2. The number of rotatable bonds is 4. The predicted octanol–water partition coefficient (Wildman–Crippen LogP) is 2.25. The van der Waals surface area contributed by atoms with Crippen molar-refractivity contribution in [2.45, 2.75) is 58.0 Å². The van der Waals surface area contributed by atoms with Gasteiger partial charge in [0, 0.05) is 24.4 Å². The zero-order valence-electron chi connectivity index (χ0n) is 12.2. The number of nitrogens with one attached hydrogen (secondary N) is 1. The van der Waals surface area contributed by atoms with Crippen molar-refractivity contribution >= 4 is 22.8 Å². The van der Waals surface area contributed by atoms with E-state index in [1.165, 1.54) is 25.7 Å². The van der Waals surface area contributed by atoms with E-state index in [0.29, 0.717) is 0 Å².